The number of hydrogen-bond donors (Lipinski definition) is 1. The van der Waals surface area contributed by atoms with Crippen LogP contribution in [0.1, 0.15) is 31.3 Å². The quantitative estimate of drug-likeness (QED) is 0.373. The zero-order valence-corrected chi connectivity index (χ0v) is 20.3. The molecule has 37 heavy (non-hydrogen) atoms. The summed E-state index contributed by atoms with van der Waals surface area (Å²) in [7, 11) is 0. The highest BCUT2D eigenvalue weighted by atomic mass is 16.7. The first kappa shape index (κ1) is 22.7. The van der Waals surface area contributed by atoms with E-state index in [0.29, 0.717) is 46.8 Å². The minimum atomic E-state index is -0.474. The van der Waals surface area contributed by atoms with Crippen molar-refractivity contribution in [3.05, 3.63) is 89.9 Å². The normalized spacial score (nSPS) is 16.6. The fourth-order valence-corrected chi connectivity index (χ4v) is 4.57. The number of carbonyl (C=O) groups is 1. The van der Waals surface area contributed by atoms with Crippen molar-refractivity contribution in [2.24, 2.45) is 0 Å². The molecule has 0 aliphatic carbocycles. The number of urea groups is 1. The van der Waals surface area contributed by atoms with E-state index < -0.39 is 6.04 Å². The number of benzene rings is 3. The van der Waals surface area contributed by atoms with Crippen molar-refractivity contribution >= 4 is 17.3 Å². The van der Waals surface area contributed by atoms with Crippen LogP contribution in [0.15, 0.2) is 83.0 Å². The maximum absolute atomic E-state index is 13.4. The van der Waals surface area contributed by atoms with Crippen LogP contribution in [-0.4, -0.2) is 29.6 Å². The highest BCUT2D eigenvalue weighted by Gasteiger charge is 2.36. The van der Waals surface area contributed by atoms with Gasteiger partial charge in [-0.05, 0) is 61.9 Å². The van der Waals surface area contributed by atoms with Crippen LogP contribution in [0.3, 0.4) is 0 Å². The molecule has 2 aliphatic rings. The summed E-state index contributed by atoms with van der Waals surface area (Å²) in [5.41, 5.74) is 3.72. The van der Waals surface area contributed by atoms with E-state index in [0.717, 1.165) is 16.9 Å². The molecule has 1 N–H and O–H groups in total. The lowest BCUT2D eigenvalue weighted by atomic mass is 9.94. The lowest BCUT2D eigenvalue weighted by Crippen LogP contribution is -2.46. The predicted octanol–water partition coefficient (Wildman–Crippen LogP) is 5.57. The van der Waals surface area contributed by atoms with E-state index in [4.69, 9.17) is 23.7 Å². The molecule has 9 heteroatoms. The summed E-state index contributed by atoms with van der Waals surface area (Å²) in [5.74, 6) is 2.77. The molecule has 9 nitrogen and oxygen atoms in total. The molecule has 0 radical (unpaired) electrons. The van der Waals surface area contributed by atoms with Crippen molar-refractivity contribution < 1.29 is 23.5 Å². The monoisotopic (exact) mass is 496 g/mol. The topological polar surface area (TPSA) is 99.0 Å². The number of fused-ring (bicyclic) bond motifs is 1. The number of amides is 2. The van der Waals surface area contributed by atoms with Gasteiger partial charge in [-0.1, -0.05) is 35.5 Å². The van der Waals surface area contributed by atoms with E-state index in [1.807, 2.05) is 86.6 Å². The third-order valence-corrected chi connectivity index (χ3v) is 6.31. The maximum Gasteiger partial charge on any atom is 0.326 e. The molecule has 3 aromatic carbocycles. The van der Waals surface area contributed by atoms with Crippen molar-refractivity contribution in [3.63, 3.8) is 0 Å². The largest absolute Gasteiger partial charge is 0.494 e. The Morgan fingerprint density at radius 3 is 2.59 bits per heavy atom. The van der Waals surface area contributed by atoms with E-state index in [1.54, 1.807) is 4.90 Å². The number of rotatable bonds is 6. The van der Waals surface area contributed by atoms with Gasteiger partial charge in [-0.15, -0.1) is 0 Å². The second kappa shape index (κ2) is 9.34. The van der Waals surface area contributed by atoms with Crippen molar-refractivity contribution in [2.45, 2.75) is 19.9 Å². The van der Waals surface area contributed by atoms with Crippen LogP contribution in [0.2, 0.25) is 0 Å². The summed E-state index contributed by atoms with van der Waals surface area (Å²) in [6.07, 6.45) is 0. The fourth-order valence-electron chi connectivity index (χ4n) is 4.57. The van der Waals surface area contributed by atoms with Crippen LogP contribution in [0.5, 0.6) is 17.2 Å². The standard InChI is InChI=1S/C28H24N4O5/c1-3-34-21-12-10-20(11-13-21)32-17(2)24(25(29-28(32)33)18-7-5-4-6-8-18)27-30-26(31-37-27)19-9-14-22-23(15-19)36-16-35-22/h4-15,25H,3,16H2,1-2H3,(H,29,33). The first-order chi connectivity index (χ1) is 18.1. The van der Waals surface area contributed by atoms with Gasteiger partial charge in [-0.25, -0.2) is 4.79 Å². The molecule has 0 spiro atoms. The highest BCUT2D eigenvalue weighted by molar-refractivity contribution is 6.01. The average Bonchev–Trinajstić information content (AvgIpc) is 3.59. The Balaban J connectivity index is 1.43. The average molecular weight is 497 g/mol. The molecule has 0 saturated carbocycles. The smallest absolute Gasteiger partial charge is 0.326 e. The van der Waals surface area contributed by atoms with Crippen molar-refractivity contribution in [1.82, 2.24) is 15.5 Å². The number of hydrogen-bond acceptors (Lipinski definition) is 7. The molecule has 6 rings (SSSR count). The molecule has 4 aromatic rings. The summed E-state index contributed by atoms with van der Waals surface area (Å²) in [5, 5.41) is 7.35. The van der Waals surface area contributed by atoms with E-state index in [9.17, 15) is 4.79 Å². The minimum absolute atomic E-state index is 0.183. The maximum atomic E-state index is 13.4. The molecule has 0 saturated heterocycles. The summed E-state index contributed by atoms with van der Waals surface area (Å²) >= 11 is 0. The van der Waals surface area contributed by atoms with Gasteiger partial charge in [0, 0.05) is 11.3 Å². The van der Waals surface area contributed by atoms with Gasteiger partial charge < -0.3 is 24.1 Å². The molecule has 186 valence electrons. The predicted molar refractivity (Wildman–Crippen MR) is 136 cm³/mol. The molecule has 3 heterocycles. The van der Waals surface area contributed by atoms with Gasteiger partial charge in [0.25, 0.3) is 5.89 Å². The number of anilines is 1. The number of aromatic nitrogens is 2. The Morgan fingerprint density at radius 1 is 1.03 bits per heavy atom. The summed E-state index contributed by atoms with van der Waals surface area (Å²) < 4.78 is 22.2. The SMILES string of the molecule is CCOc1ccc(N2C(=O)NC(c3ccccc3)C(c3nc(-c4ccc5c(c4)OCO5)no3)=C2C)cc1. The Labute approximate surface area is 213 Å². The Kier molecular flexibility index (Phi) is 5.72. The van der Waals surface area contributed by atoms with Crippen LogP contribution in [-0.2, 0) is 0 Å². The van der Waals surface area contributed by atoms with Gasteiger partial charge >= 0.3 is 6.03 Å². The zero-order chi connectivity index (χ0) is 25.4. The fraction of sp³-hybridized carbons (Fsp3) is 0.179. The van der Waals surface area contributed by atoms with Gasteiger partial charge in [0.05, 0.1) is 23.9 Å². The van der Waals surface area contributed by atoms with E-state index in [2.05, 4.69) is 10.5 Å². The van der Waals surface area contributed by atoms with Crippen molar-refractivity contribution in [2.75, 3.05) is 18.3 Å². The second-order valence-electron chi connectivity index (χ2n) is 8.55. The number of carbonyl (C=O) groups excluding carboxylic acids is 1. The summed E-state index contributed by atoms with van der Waals surface area (Å²) in [6, 6.07) is 21.8. The molecule has 0 bridgehead atoms. The van der Waals surface area contributed by atoms with Gasteiger partial charge in [0.2, 0.25) is 12.6 Å². The molecule has 1 unspecified atom stereocenters. The van der Waals surface area contributed by atoms with Gasteiger partial charge in [0.15, 0.2) is 11.5 Å². The lowest BCUT2D eigenvalue weighted by molar-refractivity contribution is 0.174. The second-order valence-corrected chi connectivity index (χ2v) is 8.55. The Morgan fingerprint density at radius 2 is 1.81 bits per heavy atom. The molecule has 1 aromatic heterocycles. The summed E-state index contributed by atoms with van der Waals surface area (Å²) in [4.78, 5) is 19.7. The van der Waals surface area contributed by atoms with Crippen molar-refractivity contribution in [3.8, 4) is 28.6 Å². The number of nitrogens with one attached hydrogen (secondary N) is 1. The van der Waals surface area contributed by atoms with Crippen LogP contribution in [0.25, 0.3) is 17.0 Å². The van der Waals surface area contributed by atoms with Gasteiger partial charge in [-0.2, -0.15) is 4.98 Å². The molecular formula is C28H24N4O5. The van der Waals surface area contributed by atoms with E-state index >= 15 is 0 Å². The van der Waals surface area contributed by atoms with Gasteiger partial charge in [-0.3, -0.25) is 4.90 Å². The third kappa shape index (κ3) is 4.14. The van der Waals surface area contributed by atoms with Crippen LogP contribution in [0, 0.1) is 0 Å². The molecule has 2 aliphatic heterocycles. The molecular weight excluding hydrogens is 472 g/mol. The Bertz CT molecular complexity index is 1480. The number of nitrogens with zero attached hydrogens (tertiary/aromatic N) is 3. The lowest BCUT2D eigenvalue weighted by Gasteiger charge is -2.35. The highest BCUT2D eigenvalue weighted by Crippen LogP contribution is 2.40. The summed E-state index contributed by atoms with van der Waals surface area (Å²) in [6.45, 7) is 4.55. The van der Waals surface area contributed by atoms with Gasteiger partial charge in [0.1, 0.15) is 5.75 Å². The first-order valence-electron chi connectivity index (χ1n) is 12.0. The van der Waals surface area contributed by atoms with E-state index in [-0.39, 0.29) is 12.8 Å². The number of allylic oxidation sites excluding steroid dienone is 1. The molecule has 1 atom stereocenters. The number of ether oxygens (including phenoxy) is 3. The zero-order valence-electron chi connectivity index (χ0n) is 20.3. The first-order valence-corrected chi connectivity index (χ1v) is 12.0. The van der Waals surface area contributed by atoms with Crippen molar-refractivity contribution in [1.29, 1.82) is 0 Å². The molecule has 2 amide bonds. The third-order valence-electron chi connectivity index (χ3n) is 6.31. The molecule has 0 fully saturated rings. The van der Waals surface area contributed by atoms with Crippen LogP contribution < -0.4 is 24.4 Å². The Hall–Kier alpha value is -4.79. The minimum Gasteiger partial charge on any atom is -0.494 e. The van der Waals surface area contributed by atoms with E-state index in [1.165, 1.54) is 0 Å². The van der Waals surface area contributed by atoms with Crippen LogP contribution >= 0.6 is 0 Å². The van der Waals surface area contributed by atoms with Crippen LogP contribution in [0.4, 0.5) is 10.5 Å².